The van der Waals surface area contributed by atoms with Gasteiger partial charge in [0.2, 0.25) is 15.9 Å². The highest BCUT2D eigenvalue weighted by Gasteiger charge is 2.33. The fourth-order valence-corrected chi connectivity index (χ4v) is 5.74. The number of nitrogens with one attached hydrogen (secondary N) is 1. The van der Waals surface area contributed by atoms with Gasteiger partial charge in [-0.25, -0.2) is 8.42 Å². The Bertz CT molecular complexity index is 1260. The van der Waals surface area contributed by atoms with E-state index in [9.17, 15) is 13.2 Å². The zero-order valence-corrected chi connectivity index (χ0v) is 19.6. The first kappa shape index (κ1) is 23.1. The number of carbonyl (C=O) groups is 1. The van der Waals surface area contributed by atoms with Crippen molar-refractivity contribution >= 4 is 26.7 Å². The van der Waals surface area contributed by atoms with Crippen LogP contribution in [0.5, 0.6) is 11.5 Å². The Hall–Kier alpha value is -3.10. The number of sulfonamides is 1. The number of fused-ring (bicyclic) bond motifs is 1. The molecular weight excluding hydrogens is 440 g/mol. The maximum Gasteiger partial charge on any atom is 0.243 e. The molecule has 174 valence electrons. The van der Waals surface area contributed by atoms with E-state index in [1.165, 1.54) is 4.31 Å². The molecule has 1 unspecified atom stereocenters. The predicted octanol–water partition coefficient (Wildman–Crippen LogP) is 3.57. The van der Waals surface area contributed by atoms with Gasteiger partial charge >= 0.3 is 0 Å². The van der Waals surface area contributed by atoms with E-state index >= 15 is 0 Å². The molecule has 0 spiro atoms. The van der Waals surface area contributed by atoms with Crippen molar-refractivity contribution in [2.75, 3.05) is 27.3 Å². The summed E-state index contributed by atoms with van der Waals surface area (Å²) in [7, 11) is -0.549. The molecule has 0 saturated carbocycles. The Labute approximate surface area is 194 Å². The highest BCUT2D eigenvalue weighted by Crippen LogP contribution is 2.28. The predicted molar refractivity (Wildman–Crippen MR) is 127 cm³/mol. The van der Waals surface area contributed by atoms with Gasteiger partial charge in [0.1, 0.15) is 0 Å². The summed E-state index contributed by atoms with van der Waals surface area (Å²) >= 11 is 0. The molecule has 1 fully saturated rings. The Morgan fingerprint density at radius 3 is 2.52 bits per heavy atom. The van der Waals surface area contributed by atoms with Gasteiger partial charge in [0.05, 0.1) is 25.0 Å². The smallest absolute Gasteiger partial charge is 0.243 e. The average molecular weight is 469 g/mol. The number of amides is 1. The molecule has 0 aliphatic carbocycles. The third-order valence-electron chi connectivity index (χ3n) is 6.03. The minimum absolute atomic E-state index is 0.150. The van der Waals surface area contributed by atoms with Crippen molar-refractivity contribution in [2.45, 2.75) is 24.3 Å². The van der Waals surface area contributed by atoms with Crippen molar-refractivity contribution in [3.05, 3.63) is 66.2 Å². The Morgan fingerprint density at radius 2 is 1.76 bits per heavy atom. The van der Waals surface area contributed by atoms with Crippen LogP contribution in [0.2, 0.25) is 0 Å². The van der Waals surface area contributed by atoms with Crippen LogP contribution >= 0.6 is 0 Å². The van der Waals surface area contributed by atoms with Crippen LogP contribution in [0.25, 0.3) is 10.8 Å². The number of benzene rings is 3. The first-order valence-corrected chi connectivity index (χ1v) is 12.3. The van der Waals surface area contributed by atoms with E-state index < -0.39 is 15.9 Å². The van der Waals surface area contributed by atoms with Crippen molar-refractivity contribution in [1.29, 1.82) is 0 Å². The summed E-state index contributed by atoms with van der Waals surface area (Å²) in [6.45, 7) is 0.911. The van der Waals surface area contributed by atoms with E-state index in [2.05, 4.69) is 5.32 Å². The molecule has 3 aromatic rings. The van der Waals surface area contributed by atoms with E-state index in [-0.39, 0.29) is 17.3 Å². The maximum absolute atomic E-state index is 13.3. The summed E-state index contributed by atoms with van der Waals surface area (Å²) in [5.41, 5.74) is 0.873. The van der Waals surface area contributed by atoms with Crippen molar-refractivity contribution in [2.24, 2.45) is 5.92 Å². The van der Waals surface area contributed by atoms with Crippen LogP contribution in [0.3, 0.4) is 0 Å². The van der Waals surface area contributed by atoms with Crippen LogP contribution in [0.1, 0.15) is 18.4 Å². The number of nitrogens with zero attached hydrogens (tertiary/aromatic N) is 1. The summed E-state index contributed by atoms with van der Waals surface area (Å²) in [4.78, 5) is 13.1. The molecule has 3 aromatic carbocycles. The van der Waals surface area contributed by atoms with E-state index in [1.807, 2.05) is 42.5 Å². The molecule has 4 rings (SSSR count). The molecule has 1 atom stereocenters. The largest absolute Gasteiger partial charge is 0.493 e. The zero-order chi connectivity index (χ0) is 23.4. The Balaban J connectivity index is 1.43. The van der Waals surface area contributed by atoms with E-state index in [0.29, 0.717) is 37.4 Å². The molecule has 1 heterocycles. The normalized spacial score (nSPS) is 17.0. The number of hydrogen-bond donors (Lipinski definition) is 1. The number of piperidine rings is 1. The van der Waals surface area contributed by atoms with E-state index in [1.54, 1.807) is 32.4 Å². The summed E-state index contributed by atoms with van der Waals surface area (Å²) < 4.78 is 38.5. The van der Waals surface area contributed by atoms with Gasteiger partial charge in [-0.05, 0) is 53.4 Å². The maximum atomic E-state index is 13.3. The molecule has 0 radical (unpaired) electrons. The van der Waals surface area contributed by atoms with E-state index in [4.69, 9.17) is 9.47 Å². The molecule has 33 heavy (non-hydrogen) atoms. The highest BCUT2D eigenvalue weighted by atomic mass is 32.2. The van der Waals surface area contributed by atoms with Crippen molar-refractivity contribution in [3.8, 4) is 11.5 Å². The second-order valence-electron chi connectivity index (χ2n) is 8.12. The van der Waals surface area contributed by atoms with Gasteiger partial charge in [-0.1, -0.05) is 36.4 Å². The number of carbonyl (C=O) groups excluding carboxylic acids is 1. The minimum Gasteiger partial charge on any atom is -0.493 e. The Kier molecular flexibility index (Phi) is 6.85. The van der Waals surface area contributed by atoms with Gasteiger partial charge in [0.15, 0.2) is 11.5 Å². The van der Waals surface area contributed by atoms with Crippen LogP contribution in [0.15, 0.2) is 65.6 Å². The Morgan fingerprint density at radius 1 is 1.00 bits per heavy atom. The van der Waals surface area contributed by atoms with Crippen molar-refractivity contribution < 1.29 is 22.7 Å². The van der Waals surface area contributed by atoms with Crippen LogP contribution < -0.4 is 14.8 Å². The van der Waals surface area contributed by atoms with Gasteiger partial charge in [-0.3, -0.25) is 4.79 Å². The molecule has 1 saturated heterocycles. The number of hydrogen-bond acceptors (Lipinski definition) is 5. The fraction of sp³-hybridized carbons (Fsp3) is 0.320. The second-order valence-corrected chi connectivity index (χ2v) is 10.1. The third kappa shape index (κ3) is 4.96. The monoisotopic (exact) mass is 468 g/mol. The number of methoxy groups -OCH3 is 2. The van der Waals surface area contributed by atoms with Crippen LogP contribution in [0, 0.1) is 5.92 Å². The minimum atomic E-state index is -3.68. The highest BCUT2D eigenvalue weighted by molar-refractivity contribution is 7.89. The zero-order valence-electron chi connectivity index (χ0n) is 18.8. The number of rotatable bonds is 7. The van der Waals surface area contributed by atoms with Gasteiger partial charge in [0, 0.05) is 19.6 Å². The average Bonchev–Trinajstić information content (AvgIpc) is 2.86. The quantitative estimate of drug-likeness (QED) is 0.573. The molecule has 1 aliphatic rings. The summed E-state index contributed by atoms with van der Waals surface area (Å²) in [5.74, 6) is 0.668. The molecule has 1 aliphatic heterocycles. The molecule has 1 N–H and O–H groups in total. The van der Waals surface area contributed by atoms with Gasteiger partial charge in [-0.15, -0.1) is 0 Å². The summed E-state index contributed by atoms with van der Waals surface area (Å²) in [6, 6.07) is 18.3. The summed E-state index contributed by atoms with van der Waals surface area (Å²) in [6.07, 6.45) is 1.29. The van der Waals surface area contributed by atoms with Crippen molar-refractivity contribution in [3.63, 3.8) is 0 Å². The molecule has 1 amide bonds. The van der Waals surface area contributed by atoms with Gasteiger partial charge in [-0.2, -0.15) is 4.31 Å². The lowest BCUT2D eigenvalue weighted by Gasteiger charge is -2.31. The lowest BCUT2D eigenvalue weighted by atomic mass is 9.98. The fourth-order valence-electron chi connectivity index (χ4n) is 4.18. The third-order valence-corrected chi connectivity index (χ3v) is 7.89. The van der Waals surface area contributed by atoms with Crippen LogP contribution in [-0.2, 0) is 21.4 Å². The molecule has 0 aromatic heterocycles. The lowest BCUT2D eigenvalue weighted by Crippen LogP contribution is -2.45. The first-order valence-electron chi connectivity index (χ1n) is 10.9. The molecule has 8 heteroatoms. The topological polar surface area (TPSA) is 84.9 Å². The number of ether oxygens (including phenoxy) is 2. The van der Waals surface area contributed by atoms with Gasteiger partial charge in [0.25, 0.3) is 0 Å². The molecular formula is C25H28N2O5S. The SMILES string of the molecule is COc1ccc(CNC(=O)C2CCCN(S(=O)(=O)c3ccc4ccccc4c3)C2)cc1OC. The molecule has 7 nitrogen and oxygen atoms in total. The van der Waals surface area contributed by atoms with Crippen LogP contribution in [-0.4, -0.2) is 45.9 Å². The van der Waals surface area contributed by atoms with Gasteiger partial charge < -0.3 is 14.8 Å². The summed E-state index contributed by atoms with van der Waals surface area (Å²) in [5, 5.41) is 4.80. The second kappa shape index (κ2) is 9.80. The van der Waals surface area contributed by atoms with E-state index in [0.717, 1.165) is 16.3 Å². The molecule has 0 bridgehead atoms. The lowest BCUT2D eigenvalue weighted by molar-refractivity contribution is -0.126. The van der Waals surface area contributed by atoms with Crippen molar-refractivity contribution in [1.82, 2.24) is 9.62 Å². The first-order chi connectivity index (χ1) is 15.9. The van der Waals surface area contributed by atoms with Crippen LogP contribution in [0.4, 0.5) is 0 Å². The standard InChI is InChI=1S/C25H28N2O5S/c1-31-23-12-9-18(14-24(23)32-2)16-26-25(28)21-8-5-13-27(17-21)33(29,30)22-11-10-19-6-3-4-7-20(19)15-22/h3-4,6-7,9-12,14-15,21H,5,8,13,16-17H2,1-2H3,(H,26,28).